The molecular weight excluding hydrogens is 614 g/mol. The number of amides is 1. The van der Waals surface area contributed by atoms with Crippen molar-refractivity contribution in [2.24, 2.45) is 35.0 Å². The van der Waals surface area contributed by atoms with Crippen LogP contribution < -0.4 is 9.47 Å². The number of carbonyl (C=O) groups excluding carboxylic acids is 1. The highest BCUT2D eigenvalue weighted by atomic mass is 16.7. The number of likely N-dealkylation sites (tertiary alicyclic amines) is 1. The summed E-state index contributed by atoms with van der Waals surface area (Å²) in [5, 5.41) is 10.5. The molecule has 8 nitrogen and oxygen atoms in total. The molecule has 4 heterocycles. The van der Waals surface area contributed by atoms with Crippen LogP contribution in [-0.4, -0.2) is 95.6 Å². The number of allylic oxidation sites excluding steroid dienone is 2. The third-order valence-electron chi connectivity index (χ3n) is 15.0. The van der Waals surface area contributed by atoms with Crippen molar-refractivity contribution in [2.45, 2.75) is 109 Å². The van der Waals surface area contributed by atoms with E-state index in [4.69, 9.17) is 14.2 Å². The van der Waals surface area contributed by atoms with Crippen LogP contribution in [0.4, 0.5) is 0 Å². The maximum absolute atomic E-state index is 14.2. The minimum atomic E-state index is -0.252. The van der Waals surface area contributed by atoms with Crippen molar-refractivity contribution in [3.8, 4) is 11.5 Å². The maximum Gasteiger partial charge on any atom is 0.237 e. The first kappa shape index (κ1) is 32.5. The van der Waals surface area contributed by atoms with Crippen LogP contribution in [-0.2, 0) is 16.1 Å². The van der Waals surface area contributed by atoms with Crippen LogP contribution in [0.1, 0.15) is 84.6 Å². The second-order valence-corrected chi connectivity index (χ2v) is 17.5. The SMILES string of the molecule is CC1=C2C[C@H]3[C@@H](CC=C4C[C@@H](O)CC[C@@]43C)[C@@H]2CC[C@]12O[C@@H]1C[C@H](C)CN(C(=O)CN3CCN(Cc4ccc5c(c4)OCO5)CC3)[C@H]1[C@H]2C. The Hall–Kier alpha value is -2.39. The lowest BCUT2D eigenvalue weighted by Crippen LogP contribution is -2.57. The fraction of sp³-hybridized carbons (Fsp3) is 0.732. The van der Waals surface area contributed by atoms with Crippen LogP contribution in [0, 0.1) is 35.0 Å². The molecule has 0 bridgehead atoms. The molecule has 2 saturated carbocycles. The molecule has 49 heavy (non-hydrogen) atoms. The van der Waals surface area contributed by atoms with Crippen molar-refractivity contribution >= 4 is 5.91 Å². The van der Waals surface area contributed by atoms with Gasteiger partial charge in [-0.15, -0.1) is 0 Å². The largest absolute Gasteiger partial charge is 0.454 e. The van der Waals surface area contributed by atoms with Gasteiger partial charge in [0.05, 0.1) is 30.4 Å². The Balaban J connectivity index is 0.879. The molecule has 1 amide bonds. The number of piperazine rings is 1. The number of fused-ring (bicyclic) bond motifs is 7. The minimum absolute atomic E-state index is 0.114. The number of hydrogen-bond acceptors (Lipinski definition) is 7. The van der Waals surface area contributed by atoms with Gasteiger partial charge in [0.15, 0.2) is 11.5 Å². The average Bonchev–Trinajstić information content (AvgIpc) is 3.79. The summed E-state index contributed by atoms with van der Waals surface area (Å²) in [7, 11) is 0. The first-order valence-electron chi connectivity index (χ1n) is 19.5. The van der Waals surface area contributed by atoms with E-state index in [1.165, 1.54) is 36.0 Å². The topological polar surface area (TPSA) is 74.7 Å². The monoisotopic (exact) mass is 671 g/mol. The van der Waals surface area contributed by atoms with Crippen LogP contribution in [0.5, 0.6) is 11.5 Å². The second kappa shape index (κ2) is 12.1. The Morgan fingerprint density at radius 1 is 1.02 bits per heavy atom. The molecule has 1 aromatic rings. The number of piperidine rings is 1. The molecule has 266 valence electrons. The van der Waals surface area contributed by atoms with Gasteiger partial charge in [-0.25, -0.2) is 0 Å². The predicted molar refractivity (Wildman–Crippen MR) is 188 cm³/mol. The molecule has 8 aliphatic rings. The summed E-state index contributed by atoms with van der Waals surface area (Å²) in [6.45, 7) is 15.9. The van der Waals surface area contributed by atoms with E-state index in [0.717, 1.165) is 88.8 Å². The van der Waals surface area contributed by atoms with Crippen molar-refractivity contribution in [1.29, 1.82) is 0 Å². The van der Waals surface area contributed by atoms with Gasteiger partial charge < -0.3 is 24.2 Å². The molecule has 8 heteroatoms. The third-order valence-corrected chi connectivity index (χ3v) is 15.0. The standard InChI is InChI=1S/C41H57N3O5/c1-25-17-37-39(44(21-25)38(46)23-43-15-13-42(14-16-43)22-28-5-8-35-36(18-28)48-24-47-35)27(3)41(49-37)12-10-31-32-7-6-29-19-30(45)9-11-40(29,4)34(32)20-33(31)26(41)2/h5-6,8,18,25,27,30-32,34,37,39,45H,7,9-17,19-24H2,1-4H3/t25-,27+,30-,31-,32-,34-,37+,39-,40-,41-/m0/s1. The minimum Gasteiger partial charge on any atom is -0.454 e. The molecule has 10 atom stereocenters. The fourth-order valence-electron chi connectivity index (χ4n) is 12.3. The Labute approximate surface area is 292 Å². The quantitative estimate of drug-likeness (QED) is 0.407. The Bertz CT molecular complexity index is 1550. The molecule has 1 N–H and O–H groups in total. The number of aliphatic hydroxyl groups is 1. The summed E-state index contributed by atoms with van der Waals surface area (Å²) in [5.74, 6) is 4.76. The van der Waals surface area contributed by atoms with Gasteiger partial charge in [0.2, 0.25) is 12.7 Å². The molecule has 0 unspecified atom stereocenters. The first-order chi connectivity index (χ1) is 23.6. The lowest BCUT2D eigenvalue weighted by Gasteiger charge is -2.49. The maximum atomic E-state index is 14.2. The number of aliphatic hydroxyl groups excluding tert-OH is 1. The van der Waals surface area contributed by atoms with E-state index in [0.29, 0.717) is 31.1 Å². The lowest BCUT2D eigenvalue weighted by atomic mass is 9.56. The van der Waals surface area contributed by atoms with Crippen LogP contribution in [0.2, 0.25) is 0 Å². The van der Waals surface area contributed by atoms with Crippen molar-refractivity contribution in [2.75, 3.05) is 46.1 Å². The van der Waals surface area contributed by atoms with Gasteiger partial charge in [-0.3, -0.25) is 14.6 Å². The summed E-state index contributed by atoms with van der Waals surface area (Å²) < 4.78 is 18.4. The van der Waals surface area contributed by atoms with Gasteiger partial charge in [0, 0.05) is 45.2 Å². The molecule has 0 aromatic heterocycles. The van der Waals surface area contributed by atoms with E-state index in [2.05, 4.69) is 60.6 Å². The number of hydrogen-bond donors (Lipinski definition) is 1. The number of ether oxygens (including phenoxy) is 3. The van der Waals surface area contributed by atoms with Crippen LogP contribution in [0.25, 0.3) is 0 Å². The highest BCUT2D eigenvalue weighted by Gasteiger charge is 2.62. The second-order valence-electron chi connectivity index (χ2n) is 17.5. The molecular formula is C41H57N3O5. The van der Waals surface area contributed by atoms with E-state index in [-0.39, 0.29) is 41.1 Å². The molecule has 0 radical (unpaired) electrons. The first-order valence-corrected chi connectivity index (χ1v) is 19.5. The summed E-state index contributed by atoms with van der Waals surface area (Å²) in [6, 6.07) is 6.40. The Kier molecular flexibility index (Phi) is 8.03. The predicted octanol–water partition coefficient (Wildman–Crippen LogP) is 5.79. The number of rotatable bonds is 4. The zero-order valence-electron chi connectivity index (χ0n) is 30.2. The lowest BCUT2D eigenvalue weighted by molar-refractivity contribution is -0.141. The molecule has 4 aliphatic heterocycles. The van der Waals surface area contributed by atoms with Crippen molar-refractivity contribution in [3.63, 3.8) is 0 Å². The Morgan fingerprint density at radius 2 is 1.82 bits per heavy atom. The Morgan fingerprint density at radius 3 is 2.65 bits per heavy atom. The van der Waals surface area contributed by atoms with E-state index in [1.54, 1.807) is 5.57 Å². The van der Waals surface area contributed by atoms with Crippen LogP contribution in [0.15, 0.2) is 41.0 Å². The zero-order chi connectivity index (χ0) is 33.7. The highest BCUT2D eigenvalue weighted by Crippen LogP contribution is 2.65. The van der Waals surface area contributed by atoms with Gasteiger partial charge >= 0.3 is 0 Å². The van der Waals surface area contributed by atoms with Gasteiger partial charge in [0.1, 0.15) is 0 Å². The molecule has 5 fully saturated rings. The van der Waals surface area contributed by atoms with Gasteiger partial charge in [-0.1, -0.05) is 44.1 Å². The molecule has 4 aliphatic carbocycles. The normalized spacial score (nSPS) is 41.7. The van der Waals surface area contributed by atoms with Gasteiger partial charge in [-0.2, -0.15) is 0 Å². The van der Waals surface area contributed by atoms with Crippen molar-refractivity contribution < 1.29 is 24.1 Å². The van der Waals surface area contributed by atoms with Gasteiger partial charge in [0.25, 0.3) is 0 Å². The van der Waals surface area contributed by atoms with E-state index < -0.39 is 0 Å². The molecule has 9 rings (SSSR count). The number of benzene rings is 1. The van der Waals surface area contributed by atoms with E-state index in [1.807, 2.05) is 6.07 Å². The van der Waals surface area contributed by atoms with E-state index in [9.17, 15) is 9.90 Å². The van der Waals surface area contributed by atoms with Gasteiger partial charge in [-0.05, 0) is 111 Å². The molecule has 3 saturated heterocycles. The third kappa shape index (κ3) is 5.24. The smallest absolute Gasteiger partial charge is 0.237 e. The van der Waals surface area contributed by atoms with Crippen molar-refractivity contribution in [1.82, 2.24) is 14.7 Å². The summed E-state index contributed by atoms with van der Waals surface area (Å²) in [5.41, 5.74) is 5.96. The number of nitrogens with zero attached hydrogens (tertiary/aromatic N) is 3. The average molecular weight is 672 g/mol. The highest BCUT2D eigenvalue weighted by molar-refractivity contribution is 5.79. The zero-order valence-corrected chi connectivity index (χ0v) is 30.2. The van der Waals surface area contributed by atoms with Crippen LogP contribution >= 0.6 is 0 Å². The van der Waals surface area contributed by atoms with Crippen molar-refractivity contribution in [3.05, 3.63) is 46.6 Å². The summed E-state index contributed by atoms with van der Waals surface area (Å²) >= 11 is 0. The summed E-state index contributed by atoms with van der Waals surface area (Å²) in [4.78, 5) is 21.3. The molecule has 1 aromatic carbocycles. The van der Waals surface area contributed by atoms with E-state index >= 15 is 0 Å². The fourth-order valence-corrected chi connectivity index (χ4v) is 12.3. The summed E-state index contributed by atoms with van der Waals surface area (Å²) in [6.07, 6.45) is 11.1. The van der Waals surface area contributed by atoms with Crippen LogP contribution in [0.3, 0.4) is 0 Å². The molecule has 1 spiro atoms. The number of carbonyl (C=O) groups is 1.